The number of nitrogens with one attached hydrogen (secondary N) is 2. The Balaban J connectivity index is 1.61. The summed E-state index contributed by atoms with van der Waals surface area (Å²) in [5, 5.41) is 2.66. The van der Waals surface area contributed by atoms with Crippen LogP contribution in [-0.2, 0) is 27.9 Å². The first-order valence-electron chi connectivity index (χ1n) is 9.53. The summed E-state index contributed by atoms with van der Waals surface area (Å²) in [6.45, 7) is 0.175. The smallest absolute Gasteiger partial charge is 0.254 e. The fourth-order valence-electron chi connectivity index (χ4n) is 2.82. The lowest BCUT2D eigenvalue weighted by Gasteiger charge is -2.17. The van der Waals surface area contributed by atoms with Gasteiger partial charge in [0, 0.05) is 19.2 Å². The van der Waals surface area contributed by atoms with E-state index >= 15 is 0 Å². The van der Waals surface area contributed by atoms with E-state index in [0.717, 1.165) is 5.56 Å². The molecule has 0 unspecified atom stereocenters. The average molecular weight is 442 g/mol. The lowest BCUT2D eigenvalue weighted by atomic mass is 10.2. The first kappa shape index (κ1) is 22.3. The molecule has 162 valence electrons. The number of benzene rings is 2. The second-order valence-electron chi connectivity index (χ2n) is 6.86. The second-order valence-corrected chi connectivity index (χ2v) is 8.62. The van der Waals surface area contributed by atoms with Gasteiger partial charge in [0.1, 0.15) is 5.76 Å². The summed E-state index contributed by atoms with van der Waals surface area (Å²) < 4.78 is 32.9. The van der Waals surface area contributed by atoms with Gasteiger partial charge >= 0.3 is 0 Å². The first-order valence-corrected chi connectivity index (χ1v) is 11.0. The van der Waals surface area contributed by atoms with E-state index in [0.29, 0.717) is 5.76 Å². The number of hydrogen-bond donors (Lipinski definition) is 2. The molecule has 2 amide bonds. The summed E-state index contributed by atoms with van der Waals surface area (Å²) in [6, 6.07) is 18.3. The van der Waals surface area contributed by atoms with E-state index in [1.54, 1.807) is 12.1 Å². The van der Waals surface area contributed by atoms with Crippen LogP contribution in [0.3, 0.4) is 0 Å². The third-order valence-electron chi connectivity index (χ3n) is 4.47. The molecule has 3 aromatic rings. The number of rotatable bonds is 9. The third kappa shape index (κ3) is 6.27. The number of hydrogen-bond acceptors (Lipinski definition) is 5. The van der Waals surface area contributed by atoms with Crippen LogP contribution in [0.5, 0.6) is 0 Å². The normalized spacial score (nSPS) is 11.1. The van der Waals surface area contributed by atoms with Crippen LogP contribution in [0, 0.1) is 0 Å². The SMILES string of the molecule is CN(CC(=O)NCc1ccco1)C(=O)c1cccc(S(=O)(=O)NCc2ccccc2)c1. The maximum absolute atomic E-state index is 12.7. The Labute approximate surface area is 180 Å². The highest BCUT2D eigenvalue weighted by Gasteiger charge is 2.19. The third-order valence-corrected chi connectivity index (χ3v) is 5.87. The molecule has 1 heterocycles. The lowest BCUT2D eigenvalue weighted by molar-refractivity contribution is -0.121. The zero-order valence-electron chi connectivity index (χ0n) is 16.9. The predicted molar refractivity (Wildman–Crippen MR) is 114 cm³/mol. The highest BCUT2D eigenvalue weighted by atomic mass is 32.2. The van der Waals surface area contributed by atoms with Crippen LogP contribution < -0.4 is 10.0 Å². The number of likely N-dealkylation sites (N-methyl/N-ethyl adjacent to an activating group) is 1. The number of furan rings is 1. The molecule has 3 rings (SSSR count). The van der Waals surface area contributed by atoms with Gasteiger partial charge in [0.15, 0.2) is 0 Å². The minimum Gasteiger partial charge on any atom is -0.467 e. The molecule has 0 saturated heterocycles. The maximum atomic E-state index is 12.7. The summed E-state index contributed by atoms with van der Waals surface area (Å²) in [7, 11) is -2.33. The molecule has 2 N–H and O–H groups in total. The Morgan fingerprint density at radius 2 is 1.74 bits per heavy atom. The summed E-state index contributed by atoms with van der Waals surface area (Å²) in [5.74, 6) is -0.225. The van der Waals surface area contributed by atoms with Crippen molar-refractivity contribution in [2.75, 3.05) is 13.6 Å². The van der Waals surface area contributed by atoms with Gasteiger partial charge in [0.25, 0.3) is 5.91 Å². The molecule has 2 aromatic carbocycles. The molecule has 0 aliphatic carbocycles. The van der Waals surface area contributed by atoms with E-state index < -0.39 is 15.9 Å². The Bertz CT molecular complexity index is 1130. The number of sulfonamides is 1. The first-order chi connectivity index (χ1) is 14.8. The molecule has 1 aromatic heterocycles. The van der Waals surface area contributed by atoms with E-state index in [9.17, 15) is 18.0 Å². The zero-order chi connectivity index (χ0) is 22.3. The van der Waals surface area contributed by atoms with Gasteiger partial charge in [-0.1, -0.05) is 36.4 Å². The molecule has 0 aliphatic rings. The Morgan fingerprint density at radius 1 is 0.968 bits per heavy atom. The van der Waals surface area contributed by atoms with Crippen LogP contribution in [0.2, 0.25) is 0 Å². The molecular formula is C22H23N3O5S. The lowest BCUT2D eigenvalue weighted by Crippen LogP contribution is -2.38. The van der Waals surface area contributed by atoms with Gasteiger partial charge in [-0.25, -0.2) is 13.1 Å². The predicted octanol–water partition coefficient (Wildman–Crippen LogP) is 2.15. The molecule has 8 nitrogen and oxygen atoms in total. The Hall–Kier alpha value is -3.43. The Morgan fingerprint density at radius 3 is 2.45 bits per heavy atom. The van der Waals surface area contributed by atoms with Gasteiger partial charge in [-0.05, 0) is 35.9 Å². The summed E-state index contributed by atoms with van der Waals surface area (Å²) in [4.78, 5) is 26.0. The van der Waals surface area contributed by atoms with E-state index in [1.807, 2.05) is 30.3 Å². The molecule has 0 radical (unpaired) electrons. The maximum Gasteiger partial charge on any atom is 0.254 e. The van der Waals surface area contributed by atoms with Crippen LogP contribution in [0.1, 0.15) is 21.7 Å². The van der Waals surface area contributed by atoms with Crippen molar-refractivity contribution in [2.24, 2.45) is 0 Å². The van der Waals surface area contributed by atoms with Gasteiger partial charge in [-0.2, -0.15) is 0 Å². The van der Waals surface area contributed by atoms with Gasteiger partial charge in [-0.15, -0.1) is 0 Å². The van der Waals surface area contributed by atoms with Gasteiger partial charge in [-0.3, -0.25) is 9.59 Å². The van der Waals surface area contributed by atoms with Crippen molar-refractivity contribution in [3.63, 3.8) is 0 Å². The average Bonchev–Trinajstić information content (AvgIpc) is 3.30. The standard InChI is InChI=1S/C22H23N3O5S/c1-25(16-21(26)23-15-19-10-6-12-30-19)22(27)18-9-5-11-20(13-18)31(28,29)24-14-17-7-3-2-4-8-17/h2-13,24H,14-16H2,1H3,(H,23,26). The number of nitrogens with zero attached hydrogens (tertiary/aromatic N) is 1. The fraction of sp³-hybridized carbons (Fsp3) is 0.182. The van der Waals surface area contributed by atoms with E-state index in [-0.39, 0.29) is 36.0 Å². The highest BCUT2D eigenvalue weighted by Crippen LogP contribution is 2.14. The zero-order valence-corrected chi connectivity index (χ0v) is 17.8. The Kier molecular flexibility index (Phi) is 7.22. The quantitative estimate of drug-likeness (QED) is 0.529. The largest absolute Gasteiger partial charge is 0.467 e. The van der Waals surface area contributed by atoms with Crippen LogP contribution in [0.4, 0.5) is 0 Å². The molecule has 0 fully saturated rings. The van der Waals surface area contributed by atoms with Crippen molar-refractivity contribution in [3.8, 4) is 0 Å². The summed E-state index contributed by atoms with van der Waals surface area (Å²) in [6.07, 6.45) is 1.51. The molecule has 31 heavy (non-hydrogen) atoms. The summed E-state index contributed by atoms with van der Waals surface area (Å²) >= 11 is 0. The molecule has 0 aliphatic heterocycles. The van der Waals surface area contributed by atoms with Gasteiger partial charge < -0.3 is 14.6 Å². The van der Waals surface area contributed by atoms with Crippen molar-refractivity contribution in [1.29, 1.82) is 0 Å². The highest BCUT2D eigenvalue weighted by molar-refractivity contribution is 7.89. The summed E-state index contributed by atoms with van der Waals surface area (Å²) in [5.41, 5.74) is 0.988. The molecule has 0 atom stereocenters. The monoisotopic (exact) mass is 441 g/mol. The van der Waals surface area contributed by atoms with Crippen LogP contribution in [0.15, 0.2) is 82.3 Å². The number of carbonyl (C=O) groups is 2. The topological polar surface area (TPSA) is 109 Å². The van der Waals surface area contributed by atoms with Crippen molar-refractivity contribution >= 4 is 21.8 Å². The van der Waals surface area contributed by atoms with Crippen molar-refractivity contribution < 1.29 is 22.4 Å². The van der Waals surface area contributed by atoms with Gasteiger partial charge in [0.2, 0.25) is 15.9 Å². The van der Waals surface area contributed by atoms with E-state index in [4.69, 9.17) is 4.42 Å². The molecule has 0 spiro atoms. The van der Waals surface area contributed by atoms with E-state index in [2.05, 4.69) is 10.0 Å². The molecular weight excluding hydrogens is 418 g/mol. The number of amides is 2. The van der Waals surface area contributed by atoms with Crippen molar-refractivity contribution in [2.45, 2.75) is 18.0 Å². The fourth-order valence-corrected chi connectivity index (χ4v) is 3.88. The molecule has 0 saturated carbocycles. The van der Waals surface area contributed by atoms with Crippen molar-refractivity contribution in [3.05, 3.63) is 89.9 Å². The van der Waals surface area contributed by atoms with E-state index in [1.165, 1.54) is 42.5 Å². The van der Waals surface area contributed by atoms with Crippen LogP contribution in [-0.4, -0.2) is 38.7 Å². The van der Waals surface area contributed by atoms with Crippen molar-refractivity contribution in [1.82, 2.24) is 14.9 Å². The number of carbonyl (C=O) groups excluding carboxylic acids is 2. The molecule has 9 heteroatoms. The van der Waals surface area contributed by atoms with Gasteiger partial charge in [0.05, 0.1) is 24.2 Å². The molecule has 0 bridgehead atoms. The van der Waals surface area contributed by atoms with Crippen LogP contribution in [0.25, 0.3) is 0 Å². The second kappa shape index (κ2) is 10.1. The minimum atomic E-state index is -3.81. The van der Waals surface area contributed by atoms with Crippen LogP contribution >= 0.6 is 0 Å². The minimum absolute atomic E-state index is 0.0232.